The minimum absolute atomic E-state index is 0.199. The predicted molar refractivity (Wildman–Crippen MR) is 74.7 cm³/mol. The van der Waals surface area contributed by atoms with Gasteiger partial charge in [-0.15, -0.1) is 6.58 Å². The van der Waals surface area contributed by atoms with Gasteiger partial charge in [-0.3, -0.25) is 11.3 Å². The molecule has 1 aliphatic rings. The number of rotatable bonds is 5. The van der Waals surface area contributed by atoms with Gasteiger partial charge in [-0.1, -0.05) is 31.3 Å². The Morgan fingerprint density at radius 1 is 1.29 bits per heavy atom. The first kappa shape index (κ1) is 14.7. The van der Waals surface area contributed by atoms with Crippen LogP contribution in [-0.4, -0.2) is 30.6 Å². The molecule has 17 heavy (non-hydrogen) atoms. The van der Waals surface area contributed by atoms with Crippen molar-refractivity contribution in [2.24, 2.45) is 5.84 Å². The molecule has 3 nitrogen and oxygen atoms in total. The molecule has 0 bridgehead atoms. The fourth-order valence-electron chi connectivity index (χ4n) is 3.20. The lowest BCUT2D eigenvalue weighted by atomic mass is 9.79. The number of nitrogens with two attached hydrogens (primary N) is 1. The van der Waals surface area contributed by atoms with Crippen molar-refractivity contribution in [1.29, 1.82) is 0 Å². The first-order chi connectivity index (χ1) is 8.03. The molecule has 1 fully saturated rings. The van der Waals surface area contributed by atoms with Crippen LogP contribution in [0.1, 0.15) is 51.9 Å². The summed E-state index contributed by atoms with van der Waals surface area (Å²) < 4.78 is 0. The maximum Gasteiger partial charge on any atom is 0.0431 e. The topological polar surface area (TPSA) is 41.3 Å². The van der Waals surface area contributed by atoms with Gasteiger partial charge in [0.1, 0.15) is 0 Å². The van der Waals surface area contributed by atoms with Crippen molar-refractivity contribution >= 4 is 0 Å². The number of hydrogen-bond donors (Lipinski definition) is 2. The van der Waals surface area contributed by atoms with E-state index in [1.54, 1.807) is 0 Å². The molecule has 0 aromatic heterocycles. The van der Waals surface area contributed by atoms with Gasteiger partial charge in [0.25, 0.3) is 0 Å². The van der Waals surface area contributed by atoms with Crippen LogP contribution in [0.2, 0.25) is 0 Å². The molecular formula is C14H29N3. The van der Waals surface area contributed by atoms with Crippen LogP contribution in [0.4, 0.5) is 0 Å². The zero-order chi connectivity index (χ0) is 12.9. The summed E-state index contributed by atoms with van der Waals surface area (Å²) in [5, 5.41) is 0. The normalized spacial score (nSPS) is 22.2. The maximum atomic E-state index is 5.81. The minimum Gasteiger partial charge on any atom is -0.302 e. The van der Waals surface area contributed by atoms with Crippen molar-refractivity contribution in [3.63, 3.8) is 0 Å². The van der Waals surface area contributed by atoms with Crippen LogP contribution in [-0.2, 0) is 0 Å². The third kappa shape index (κ3) is 3.54. The van der Waals surface area contributed by atoms with E-state index in [0.29, 0.717) is 6.04 Å². The number of nitrogens with zero attached hydrogens (tertiary/aromatic N) is 1. The smallest absolute Gasteiger partial charge is 0.0431 e. The van der Waals surface area contributed by atoms with E-state index < -0.39 is 0 Å². The molecule has 3 N–H and O–H groups in total. The molecule has 0 spiro atoms. The van der Waals surface area contributed by atoms with Gasteiger partial charge in [0.2, 0.25) is 0 Å². The number of nitrogens with one attached hydrogen (secondary N) is 1. The molecule has 0 heterocycles. The molecule has 0 saturated heterocycles. The lowest BCUT2D eigenvalue weighted by molar-refractivity contribution is 0.0802. The van der Waals surface area contributed by atoms with Gasteiger partial charge in [-0.2, -0.15) is 0 Å². The number of likely N-dealkylation sites (N-methyl/N-ethyl adjacent to an activating group) is 1. The fraction of sp³-hybridized carbons (Fsp3) is 0.857. The Bertz CT molecular complexity index is 240. The highest BCUT2D eigenvalue weighted by molar-refractivity contribution is 5.05. The molecule has 0 aliphatic heterocycles. The molecule has 1 rings (SSSR count). The van der Waals surface area contributed by atoms with Crippen LogP contribution >= 0.6 is 0 Å². The summed E-state index contributed by atoms with van der Waals surface area (Å²) in [6.45, 7) is 6.13. The van der Waals surface area contributed by atoms with E-state index >= 15 is 0 Å². The minimum atomic E-state index is 0.199. The molecule has 100 valence electrons. The second-order valence-electron chi connectivity index (χ2n) is 5.79. The van der Waals surface area contributed by atoms with E-state index in [-0.39, 0.29) is 5.54 Å². The van der Waals surface area contributed by atoms with Crippen LogP contribution in [0.5, 0.6) is 0 Å². The van der Waals surface area contributed by atoms with Crippen molar-refractivity contribution in [2.75, 3.05) is 14.1 Å². The molecule has 0 aromatic carbocycles. The third-order valence-corrected chi connectivity index (χ3v) is 4.26. The van der Waals surface area contributed by atoms with E-state index in [0.717, 1.165) is 6.42 Å². The van der Waals surface area contributed by atoms with Crippen molar-refractivity contribution in [2.45, 2.75) is 63.5 Å². The molecule has 1 saturated carbocycles. The van der Waals surface area contributed by atoms with Crippen LogP contribution in [0, 0.1) is 0 Å². The monoisotopic (exact) mass is 239 g/mol. The van der Waals surface area contributed by atoms with E-state index in [9.17, 15) is 0 Å². The molecule has 0 aromatic rings. The summed E-state index contributed by atoms with van der Waals surface area (Å²) in [6, 6.07) is 0.313. The van der Waals surface area contributed by atoms with Gasteiger partial charge in [0, 0.05) is 11.6 Å². The third-order valence-electron chi connectivity index (χ3n) is 4.26. The van der Waals surface area contributed by atoms with Gasteiger partial charge in [0.15, 0.2) is 0 Å². The molecule has 1 aliphatic carbocycles. The Morgan fingerprint density at radius 3 is 2.18 bits per heavy atom. The van der Waals surface area contributed by atoms with Crippen LogP contribution in [0.3, 0.4) is 0 Å². The average Bonchev–Trinajstić information content (AvgIpc) is 2.51. The first-order valence-electron chi connectivity index (χ1n) is 6.81. The summed E-state index contributed by atoms with van der Waals surface area (Å²) in [4.78, 5) is 2.38. The Morgan fingerprint density at radius 2 is 1.82 bits per heavy atom. The summed E-state index contributed by atoms with van der Waals surface area (Å²) in [5.74, 6) is 5.81. The van der Waals surface area contributed by atoms with Crippen molar-refractivity contribution in [1.82, 2.24) is 10.3 Å². The largest absolute Gasteiger partial charge is 0.302 e. The first-order valence-corrected chi connectivity index (χ1v) is 6.81. The highest BCUT2D eigenvalue weighted by atomic mass is 15.3. The van der Waals surface area contributed by atoms with Crippen LogP contribution in [0.25, 0.3) is 0 Å². The molecule has 3 heteroatoms. The maximum absolute atomic E-state index is 5.81. The molecular weight excluding hydrogens is 210 g/mol. The highest BCUT2D eigenvalue weighted by Gasteiger charge is 2.40. The Balaban J connectivity index is 2.89. The highest BCUT2D eigenvalue weighted by Crippen LogP contribution is 2.35. The Hall–Kier alpha value is -0.380. The Labute approximate surface area is 106 Å². The average molecular weight is 239 g/mol. The van der Waals surface area contributed by atoms with Gasteiger partial charge in [0.05, 0.1) is 0 Å². The van der Waals surface area contributed by atoms with Crippen molar-refractivity contribution in [3.05, 3.63) is 12.2 Å². The quantitative estimate of drug-likeness (QED) is 0.335. The van der Waals surface area contributed by atoms with Gasteiger partial charge in [-0.05, 0) is 40.3 Å². The standard InChI is InChI=1S/C14H29N3/c1-12(2)11-13(16-15)14(17(3)4)9-7-5-6-8-10-14/h13,16H,1,5-11,15H2,2-4H3. The Kier molecular flexibility index (Phi) is 5.63. The van der Waals surface area contributed by atoms with E-state index in [1.807, 2.05) is 0 Å². The summed E-state index contributed by atoms with van der Waals surface area (Å²) in [7, 11) is 4.38. The summed E-state index contributed by atoms with van der Waals surface area (Å²) in [6.07, 6.45) is 8.79. The molecule has 1 atom stereocenters. The van der Waals surface area contributed by atoms with Gasteiger partial charge in [-0.25, -0.2) is 0 Å². The van der Waals surface area contributed by atoms with E-state index in [2.05, 4.69) is 37.9 Å². The second-order valence-corrected chi connectivity index (χ2v) is 5.79. The van der Waals surface area contributed by atoms with Gasteiger partial charge < -0.3 is 4.90 Å². The zero-order valence-corrected chi connectivity index (χ0v) is 11.8. The zero-order valence-electron chi connectivity index (χ0n) is 11.8. The SMILES string of the molecule is C=C(C)CC(NN)C1(N(C)C)CCCCCC1. The summed E-state index contributed by atoms with van der Waals surface area (Å²) in [5.41, 5.74) is 4.46. The summed E-state index contributed by atoms with van der Waals surface area (Å²) >= 11 is 0. The van der Waals surface area contributed by atoms with Gasteiger partial charge >= 0.3 is 0 Å². The number of hydrogen-bond acceptors (Lipinski definition) is 3. The predicted octanol–water partition coefficient (Wildman–Crippen LogP) is 2.44. The van der Waals surface area contributed by atoms with Crippen LogP contribution < -0.4 is 11.3 Å². The van der Waals surface area contributed by atoms with E-state index in [1.165, 1.54) is 44.1 Å². The van der Waals surface area contributed by atoms with E-state index in [4.69, 9.17) is 5.84 Å². The fourth-order valence-corrected chi connectivity index (χ4v) is 3.20. The molecule has 0 radical (unpaired) electrons. The lowest BCUT2D eigenvalue weighted by Crippen LogP contribution is -2.60. The molecule has 0 amide bonds. The van der Waals surface area contributed by atoms with Crippen molar-refractivity contribution in [3.8, 4) is 0 Å². The molecule has 1 unspecified atom stereocenters. The second kappa shape index (κ2) is 6.53. The lowest BCUT2D eigenvalue weighted by Gasteiger charge is -2.45. The van der Waals surface area contributed by atoms with Crippen molar-refractivity contribution < 1.29 is 0 Å². The number of hydrazine groups is 1. The van der Waals surface area contributed by atoms with Crippen LogP contribution in [0.15, 0.2) is 12.2 Å².